The van der Waals surface area contributed by atoms with Crippen molar-refractivity contribution in [2.75, 3.05) is 13.1 Å². The third-order valence-corrected chi connectivity index (χ3v) is 5.31. The van der Waals surface area contributed by atoms with E-state index in [9.17, 15) is 0 Å². The summed E-state index contributed by atoms with van der Waals surface area (Å²) in [7, 11) is 1.83. The van der Waals surface area contributed by atoms with Gasteiger partial charge in [0, 0.05) is 24.2 Å². The Labute approximate surface area is 120 Å². The second kappa shape index (κ2) is 5.07. The Morgan fingerprint density at radius 3 is 2.65 bits per heavy atom. The van der Waals surface area contributed by atoms with Gasteiger partial charge in [0.05, 0.1) is 13.6 Å². The molecule has 1 atom stereocenters. The highest BCUT2D eigenvalue weighted by Crippen LogP contribution is 2.37. The van der Waals surface area contributed by atoms with E-state index in [1.165, 1.54) is 25.7 Å². The van der Waals surface area contributed by atoms with Crippen LogP contribution in [0, 0.1) is 0 Å². The smallest absolute Gasteiger partial charge is 0.188 e. The normalized spacial score (nSPS) is 30.1. The van der Waals surface area contributed by atoms with Gasteiger partial charge in [-0.1, -0.05) is 19.8 Å². The van der Waals surface area contributed by atoms with E-state index in [1.807, 2.05) is 7.05 Å². The van der Waals surface area contributed by atoms with Crippen LogP contribution in [0.4, 0.5) is 0 Å². The van der Waals surface area contributed by atoms with Crippen LogP contribution in [0.15, 0.2) is 0 Å². The summed E-state index contributed by atoms with van der Waals surface area (Å²) in [6, 6.07) is 0. The summed E-state index contributed by atoms with van der Waals surface area (Å²) < 4.78 is 0. The van der Waals surface area contributed by atoms with E-state index in [0.717, 1.165) is 31.9 Å². The van der Waals surface area contributed by atoms with Crippen molar-refractivity contribution < 1.29 is 0 Å². The molecule has 1 aliphatic heterocycles. The van der Waals surface area contributed by atoms with Crippen LogP contribution in [-0.2, 0) is 13.6 Å². The molecule has 1 saturated carbocycles. The van der Waals surface area contributed by atoms with Gasteiger partial charge < -0.3 is 5.32 Å². The van der Waals surface area contributed by atoms with Crippen molar-refractivity contribution in [2.45, 2.75) is 63.6 Å². The lowest BCUT2D eigenvalue weighted by Gasteiger charge is -2.52. The van der Waals surface area contributed by atoms with E-state index < -0.39 is 0 Å². The number of nitrogens with one attached hydrogen (secondary N) is 1. The quantitative estimate of drug-likeness (QED) is 0.897. The first-order valence-electron chi connectivity index (χ1n) is 7.78. The number of hydrogen-bond donors (Lipinski definition) is 1. The predicted octanol–water partition coefficient (Wildman–Crippen LogP) is 1.10. The molecule has 1 saturated heterocycles. The van der Waals surface area contributed by atoms with Crippen LogP contribution in [0.1, 0.15) is 51.8 Å². The maximum atomic E-state index is 4.35. The average Bonchev–Trinajstić information content (AvgIpc) is 3.05. The molecule has 1 aromatic heterocycles. The number of hydrogen-bond acceptors (Lipinski definition) is 5. The van der Waals surface area contributed by atoms with Gasteiger partial charge in [0.1, 0.15) is 0 Å². The Hall–Kier alpha value is -1.01. The first-order valence-corrected chi connectivity index (χ1v) is 7.78. The first-order chi connectivity index (χ1) is 9.55. The highest BCUT2D eigenvalue weighted by Gasteiger charge is 2.45. The van der Waals surface area contributed by atoms with Crippen LogP contribution in [-0.4, -0.2) is 49.3 Å². The lowest BCUT2D eigenvalue weighted by molar-refractivity contribution is 0.00591. The lowest BCUT2D eigenvalue weighted by atomic mass is 9.85. The Morgan fingerprint density at radius 2 is 2.05 bits per heavy atom. The summed E-state index contributed by atoms with van der Waals surface area (Å²) >= 11 is 0. The van der Waals surface area contributed by atoms with Crippen LogP contribution in [0.5, 0.6) is 0 Å². The third kappa shape index (κ3) is 2.46. The molecular formula is C14H26N6. The number of aryl methyl sites for hydroxylation is 1. The van der Waals surface area contributed by atoms with Gasteiger partial charge in [-0.3, -0.25) is 4.90 Å². The summed E-state index contributed by atoms with van der Waals surface area (Å²) in [5, 5.41) is 16.3. The van der Waals surface area contributed by atoms with E-state index >= 15 is 0 Å². The van der Waals surface area contributed by atoms with Gasteiger partial charge in [0.25, 0.3) is 0 Å². The number of piperazine rings is 1. The molecule has 2 heterocycles. The molecule has 112 valence electrons. The summed E-state index contributed by atoms with van der Waals surface area (Å²) in [6.07, 6.45) is 6.45. The SMILES string of the molecule is CCC1(C)CNC2(CCCC2)CN1Cc1nnn(C)n1. The van der Waals surface area contributed by atoms with E-state index in [-0.39, 0.29) is 5.54 Å². The zero-order valence-electron chi connectivity index (χ0n) is 12.9. The van der Waals surface area contributed by atoms with E-state index in [0.29, 0.717) is 5.54 Å². The molecule has 1 spiro atoms. The van der Waals surface area contributed by atoms with Crippen molar-refractivity contribution in [2.24, 2.45) is 7.05 Å². The van der Waals surface area contributed by atoms with E-state index in [4.69, 9.17) is 0 Å². The van der Waals surface area contributed by atoms with Crippen LogP contribution < -0.4 is 5.32 Å². The van der Waals surface area contributed by atoms with Crippen molar-refractivity contribution in [3.05, 3.63) is 5.82 Å². The molecule has 0 bridgehead atoms. The maximum absolute atomic E-state index is 4.35. The number of aromatic nitrogens is 4. The third-order valence-electron chi connectivity index (χ3n) is 5.31. The minimum Gasteiger partial charge on any atom is -0.308 e. The number of rotatable bonds is 3. The molecule has 1 aromatic rings. The van der Waals surface area contributed by atoms with Gasteiger partial charge in [-0.25, -0.2) is 0 Å². The van der Waals surface area contributed by atoms with Gasteiger partial charge >= 0.3 is 0 Å². The highest BCUT2D eigenvalue weighted by molar-refractivity contribution is 5.05. The lowest BCUT2D eigenvalue weighted by Crippen LogP contribution is -2.67. The van der Waals surface area contributed by atoms with E-state index in [2.05, 4.69) is 39.5 Å². The predicted molar refractivity (Wildman–Crippen MR) is 77.1 cm³/mol. The molecule has 1 aliphatic carbocycles. The highest BCUT2D eigenvalue weighted by atomic mass is 15.6. The fourth-order valence-corrected chi connectivity index (χ4v) is 3.64. The van der Waals surface area contributed by atoms with Gasteiger partial charge in [-0.2, -0.15) is 4.80 Å². The monoisotopic (exact) mass is 278 g/mol. The Kier molecular flexibility index (Phi) is 3.54. The zero-order valence-corrected chi connectivity index (χ0v) is 12.9. The first kappa shape index (κ1) is 13.9. The van der Waals surface area contributed by atoms with Crippen molar-refractivity contribution in [3.8, 4) is 0 Å². The number of tetrazole rings is 1. The molecule has 20 heavy (non-hydrogen) atoms. The van der Waals surface area contributed by atoms with Gasteiger partial charge in [-0.05, 0) is 31.4 Å². The Morgan fingerprint density at radius 1 is 1.30 bits per heavy atom. The zero-order chi connectivity index (χ0) is 14.2. The van der Waals surface area contributed by atoms with Gasteiger partial charge in [0.2, 0.25) is 0 Å². The van der Waals surface area contributed by atoms with Crippen LogP contribution in [0.25, 0.3) is 0 Å². The molecular weight excluding hydrogens is 252 g/mol. The summed E-state index contributed by atoms with van der Waals surface area (Å²) in [4.78, 5) is 4.12. The van der Waals surface area contributed by atoms with Gasteiger partial charge in [0.15, 0.2) is 5.82 Å². The molecule has 6 nitrogen and oxygen atoms in total. The molecule has 1 unspecified atom stereocenters. The molecule has 0 aromatic carbocycles. The van der Waals surface area contributed by atoms with Crippen molar-refractivity contribution in [1.29, 1.82) is 0 Å². The fraction of sp³-hybridized carbons (Fsp3) is 0.929. The average molecular weight is 278 g/mol. The summed E-state index contributed by atoms with van der Waals surface area (Å²) in [6.45, 7) is 7.59. The molecule has 2 aliphatic rings. The van der Waals surface area contributed by atoms with Crippen LogP contribution in [0.2, 0.25) is 0 Å². The number of nitrogens with zero attached hydrogens (tertiary/aromatic N) is 5. The molecule has 1 N–H and O–H groups in total. The standard InChI is InChI=1S/C14H26N6/c1-4-13(2)10-15-14(7-5-6-8-14)11-20(13)9-12-16-18-19(3)17-12/h15H,4-11H2,1-3H3. The van der Waals surface area contributed by atoms with Crippen LogP contribution >= 0.6 is 0 Å². The molecule has 2 fully saturated rings. The molecule has 0 radical (unpaired) electrons. The van der Waals surface area contributed by atoms with E-state index in [1.54, 1.807) is 4.80 Å². The molecule has 6 heteroatoms. The molecule has 0 amide bonds. The van der Waals surface area contributed by atoms with Crippen molar-refractivity contribution >= 4 is 0 Å². The van der Waals surface area contributed by atoms with Gasteiger partial charge in [-0.15, -0.1) is 10.2 Å². The molecule has 3 rings (SSSR count). The van der Waals surface area contributed by atoms with Crippen LogP contribution in [0.3, 0.4) is 0 Å². The maximum Gasteiger partial charge on any atom is 0.188 e. The fourth-order valence-electron chi connectivity index (χ4n) is 3.64. The Balaban J connectivity index is 1.78. The second-order valence-corrected chi connectivity index (χ2v) is 6.74. The largest absolute Gasteiger partial charge is 0.308 e. The minimum absolute atomic E-state index is 0.188. The summed E-state index contributed by atoms with van der Waals surface area (Å²) in [5.74, 6) is 0.835. The topological polar surface area (TPSA) is 58.9 Å². The minimum atomic E-state index is 0.188. The second-order valence-electron chi connectivity index (χ2n) is 6.74. The van der Waals surface area contributed by atoms with Crippen molar-refractivity contribution in [3.63, 3.8) is 0 Å². The summed E-state index contributed by atoms with van der Waals surface area (Å²) in [5.41, 5.74) is 0.518. The van der Waals surface area contributed by atoms with Crippen molar-refractivity contribution in [1.82, 2.24) is 30.4 Å². The Bertz CT molecular complexity index is 464.